The van der Waals surface area contributed by atoms with E-state index in [9.17, 15) is 21.6 Å². The van der Waals surface area contributed by atoms with Gasteiger partial charge in [-0.15, -0.1) is 0 Å². The molecule has 16 heavy (non-hydrogen) atoms. The highest BCUT2D eigenvalue weighted by molar-refractivity contribution is 7.88. The van der Waals surface area contributed by atoms with Crippen LogP contribution in [0.15, 0.2) is 18.2 Å². The zero-order valence-electron chi connectivity index (χ0n) is 8.50. The van der Waals surface area contributed by atoms with Crippen molar-refractivity contribution in [2.45, 2.75) is 19.4 Å². The fraction of sp³-hybridized carbons (Fsp3) is 0.333. The van der Waals surface area contributed by atoms with Gasteiger partial charge in [0.25, 0.3) is 0 Å². The minimum absolute atomic E-state index is 0.317. The van der Waals surface area contributed by atoms with Crippen molar-refractivity contribution >= 4 is 10.1 Å². The molecule has 0 aliphatic heterocycles. The summed E-state index contributed by atoms with van der Waals surface area (Å²) < 4.78 is 61.5. The molecule has 0 N–H and O–H groups in total. The summed E-state index contributed by atoms with van der Waals surface area (Å²) in [5.74, 6) is -0.317. The van der Waals surface area contributed by atoms with E-state index in [0.29, 0.717) is 5.56 Å². The number of halogens is 3. The van der Waals surface area contributed by atoms with E-state index < -0.39 is 15.6 Å². The molecule has 0 atom stereocenters. The quantitative estimate of drug-likeness (QED) is 0.601. The van der Waals surface area contributed by atoms with Gasteiger partial charge in [0.15, 0.2) is 0 Å². The van der Waals surface area contributed by atoms with Crippen molar-refractivity contribution in [1.29, 1.82) is 0 Å². The lowest BCUT2D eigenvalue weighted by molar-refractivity contribution is -0.0500. The molecule has 0 unspecified atom stereocenters. The molecular weight excluding hydrogens is 245 g/mol. The molecule has 0 aliphatic rings. The third kappa shape index (κ3) is 2.66. The summed E-state index contributed by atoms with van der Waals surface area (Å²) in [7, 11) is -5.59. The van der Waals surface area contributed by atoms with Gasteiger partial charge in [0, 0.05) is 0 Å². The SMILES string of the molecule is Cc1ccc(OS(=O)(=O)C(F)(F)F)c(C)c1. The van der Waals surface area contributed by atoms with Gasteiger partial charge in [0.05, 0.1) is 0 Å². The molecule has 0 radical (unpaired) electrons. The first-order valence-corrected chi connectivity index (χ1v) is 5.62. The Morgan fingerprint density at radius 3 is 2.19 bits per heavy atom. The summed E-state index contributed by atoms with van der Waals surface area (Å²) in [6, 6.07) is 4.18. The zero-order valence-corrected chi connectivity index (χ0v) is 9.32. The third-order valence-corrected chi connectivity index (χ3v) is 2.78. The Morgan fingerprint density at radius 1 is 1.19 bits per heavy atom. The highest BCUT2D eigenvalue weighted by Gasteiger charge is 2.48. The second-order valence-electron chi connectivity index (χ2n) is 3.25. The maximum absolute atomic E-state index is 12.0. The molecule has 0 aromatic heterocycles. The Bertz CT molecular complexity index is 491. The van der Waals surface area contributed by atoms with Gasteiger partial charge in [-0.1, -0.05) is 17.7 Å². The lowest BCUT2D eigenvalue weighted by Gasteiger charge is -2.11. The van der Waals surface area contributed by atoms with Crippen LogP contribution in [-0.2, 0) is 10.1 Å². The summed E-state index contributed by atoms with van der Waals surface area (Å²) >= 11 is 0. The average molecular weight is 254 g/mol. The van der Waals surface area contributed by atoms with Crippen molar-refractivity contribution in [3.63, 3.8) is 0 Å². The van der Waals surface area contributed by atoms with Crippen LogP contribution in [0.5, 0.6) is 5.75 Å². The van der Waals surface area contributed by atoms with Crippen molar-refractivity contribution in [2.24, 2.45) is 0 Å². The molecular formula is C9H9F3O3S. The maximum atomic E-state index is 12.0. The van der Waals surface area contributed by atoms with Crippen LogP contribution in [-0.4, -0.2) is 13.9 Å². The number of rotatable bonds is 2. The molecule has 0 amide bonds. The van der Waals surface area contributed by atoms with Gasteiger partial charge in [-0.05, 0) is 25.5 Å². The van der Waals surface area contributed by atoms with E-state index in [2.05, 4.69) is 4.18 Å². The van der Waals surface area contributed by atoms with Crippen LogP contribution >= 0.6 is 0 Å². The normalized spacial score (nSPS) is 12.6. The largest absolute Gasteiger partial charge is 0.534 e. The summed E-state index contributed by atoms with van der Waals surface area (Å²) in [6.07, 6.45) is 0. The first-order valence-electron chi connectivity index (χ1n) is 4.21. The van der Waals surface area contributed by atoms with Crippen molar-refractivity contribution in [1.82, 2.24) is 0 Å². The Kier molecular flexibility index (Phi) is 3.18. The Labute approximate surface area is 91.0 Å². The highest BCUT2D eigenvalue weighted by atomic mass is 32.2. The summed E-state index contributed by atoms with van der Waals surface area (Å²) in [5.41, 5.74) is -4.29. The van der Waals surface area contributed by atoms with Gasteiger partial charge in [-0.2, -0.15) is 21.6 Å². The topological polar surface area (TPSA) is 43.4 Å². The van der Waals surface area contributed by atoms with Crippen LogP contribution < -0.4 is 4.18 Å². The van der Waals surface area contributed by atoms with Gasteiger partial charge in [0.2, 0.25) is 0 Å². The molecule has 3 nitrogen and oxygen atoms in total. The standard InChI is InChI=1S/C9H9F3O3S/c1-6-3-4-8(7(2)5-6)15-16(13,14)9(10,11)12/h3-5H,1-2H3. The summed E-state index contributed by atoms with van der Waals surface area (Å²) in [5, 5.41) is 0. The van der Waals surface area contributed by atoms with Crippen LogP contribution in [0.1, 0.15) is 11.1 Å². The number of aryl methyl sites for hydroxylation is 2. The van der Waals surface area contributed by atoms with Crippen LogP contribution in [0.3, 0.4) is 0 Å². The van der Waals surface area contributed by atoms with E-state index in [1.54, 1.807) is 6.92 Å². The average Bonchev–Trinajstić information content (AvgIpc) is 2.08. The second kappa shape index (κ2) is 3.97. The molecule has 0 aliphatic carbocycles. The smallest absolute Gasteiger partial charge is 0.376 e. The second-order valence-corrected chi connectivity index (χ2v) is 4.79. The predicted octanol–water partition coefficient (Wildman–Crippen LogP) is 2.53. The third-order valence-electron chi connectivity index (χ3n) is 1.81. The van der Waals surface area contributed by atoms with Gasteiger partial charge in [0.1, 0.15) is 5.75 Å². The number of benzene rings is 1. The molecule has 1 aromatic carbocycles. The Morgan fingerprint density at radius 2 is 1.75 bits per heavy atom. The minimum atomic E-state index is -5.59. The van der Waals surface area contributed by atoms with Crippen molar-refractivity contribution in [3.05, 3.63) is 29.3 Å². The van der Waals surface area contributed by atoms with Crippen molar-refractivity contribution in [2.75, 3.05) is 0 Å². The molecule has 1 rings (SSSR count). The summed E-state index contributed by atoms with van der Waals surface area (Å²) in [4.78, 5) is 0. The highest BCUT2D eigenvalue weighted by Crippen LogP contribution is 2.28. The van der Waals surface area contributed by atoms with E-state index in [1.807, 2.05) is 0 Å². The predicted molar refractivity (Wildman–Crippen MR) is 51.5 cm³/mol. The molecule has 0 fully saturated rings. The lowest BCUT2D eigenvalue weighted by atomic mass is 10.1. The van der Waals surface area contributed by atoms with E-state index in [4.69, 9.17) is 0 Å². The first-order chi connectivity index (χ1) is 7.13. The van der Waals surface area contributed by atoms with E-state index in [1.165, 1.54) is 25.1 Å². The fourth-order valence-corrected chi connectivity index (χ4v) is 1.58. The molecule has 0 saturated heterocycles. The molecule has 7 heteroatoms. The molecule has 0 heterocycles. The first kappa shape index (κ1) is 12.8. The van der Waals surface area contributed by atoms with Crippen LogP contribution in [0.2, 0.25) is 0 Å². The number of hydrogen-bond acceptors (Lipinski definition) is 3. The number of hydrogen-bond donors (Lipinski definition) is 0. The minimum Gasteiger partial charge on any atom is -0.376 e. The monoisotopic (exact) mass is 254 g/mol. The van der Waals surface area contributed by atoms with Crippen LogP contribution in [0.25, 0.3) is 0 Å². The molecule has 0 bridgehead atoms. The lowest BCUT2D eigenvalue weighted by Crippen LogP contribution is -2.28. The Hall–Kier alpha value is -1.24. The zero-order chi connectivity index (χ0) is 12.6. The van der Waals surface area contributed by atoms with Crippen molar-refractivity contribution < 1.29 is 25.8 Å². The van der Waals surface area contributed by atoms with Gasteiger partial charge >= 0.3 is 15.6 Å². The van der Waals surface area contributed by atoms with E-state index in [0.717, 1.165) is 5.56 Å². The van der Waals surface area contributed by atoms with E-state index in [-0.39, 0.29) is 5.75 Å². The van der Waals surface area contributed by atoms with Crippen LogP contribution in [0, 0.1) is 13.8 Å². The molecule has 90 valence electrons. The molecule has 1 aromatic rings. The van der Waals surface area contributed by atoms with Gasteiger partial charge in [-0.3, -0.25) is 0 Å². The van der Waals surface area contributed by atoms with Gasteiger partial charge in [-0.25, -0.2) is 0 Å². The summed E-state index contributed by atoms with van der Waals surface area (Å²) in [6.45, 7) is 3.20. The van der Waals surface area contributed by atoms with E-state index >= 15 is 0 Å². The van der Waals surface area contributed by atoms with Crippen molar-refractivity contribution in [3.8, 4) is 5.75 Å². The molecule has 0 spiro atoms. The Balaban J connectivity index is 3.07. The fourth-order valence-electron chi connectivity index (χ4n) is 1.06. The molecule has 0 saturated carbocycles. The maximum Gasteiger partial charge on any atom is 0.534 e. The van der Waals surface area contributed by atoms with Gasteiger partial charge < -0.3 is 4.18 Å². The van der Waals surface area contributed by atoms with Crippen LogP contribution in [0.4, 0.5) is 13.2 Å². The number of alkyl halides is 3.